The van der Waals surface area contributed by atoms with Gasteiger partial charge < -0.3 is 16.6 Å². The predicted molar refractivity (Wildman–Crippen MR) is 143 cm³/mol. The van der Waals surface area contributed by atoms with Crippen molar-refractivity contribution < 1.29 is 14.7 Å². The summed E-state index contributed by atoms with van der Waals surface area (Å²) in [5.74, 6) is -1.26. The number of carboxylic acids is 1. The summed E-state index contributed by atoms with van der Waals surface area (Å²) in [4.78, 5) is 38.0. The lowest BCUT2D eigenvalue weighted by molar-refractivity contribution is 0.0691. The third-order valence-electron chi connectivity index (χ3n) is 4.28. The van der Waals surface area contributed by atoms with Crippen LogP contribution in [0.15, 0.2) is 73.1 Å². The van der Waals surface area contributed by atoms with E-state index in [2.05, 4.69) is 19.9 Å². The van der Waals surface area contributed by atoms with Crippen LogP contribution in [0.3, 0.4) is 0 Å². The first-order chi connectivity index (χ1) is 17.4. The monoisotopic (exact) mass is 488 g/mol. The number of nitrogen functional groups attached to an aromatic ring is 2. The molecule has 0 fully saturated rings. The number of nitrogens with zero attached hydrogens (tertiary/aromatic N) is 4. The number of anilines is 2. The van der Waals surface area contributed by atoms with Crippen LogP contribution in [0, 0.1) is 0 Å². The molecule has 2 heterocycles. The van der Waals surface area contributed by atoms with E-state index in [1.165, 1.54) is 13.1 Å². The highest BCUT2D eigenvalue weighted by Gasteiger charge is 2.12. The molecule has 4 rings (SSSR count). The molecule has 0 saturated carbocycles. The van der Waals surface area contributed by atoms with Gasteiger partial charge in [-0.05, 0) is 0 Å². The molecule has 36 heavy (non-hydrogen) atoms. The number of aromatic carboxylic acids is 1. The normalized spacial score (nSPS) is 9.25. The number of Topliss-reactive ketones (excluding diaryl/α,β-unsaturated/α-hetero) is 1. The van der Waals surface area contributed by atoms with Crippen LogP contribution in [0.5, 0.6) is 0 Å². The van der Waals surface area contributed by atoms with Gasteiger partial charge in [-0.1, -0.05) is 88.4 Å². The number of hydrogen-bond acceptors (Lipinski definition) is 8. The van der Waals surface area contributed by atoms with Crippen LogP contribution >= 0.6 is 0 Å². The van der Waals surface area contributed by atoms with Crippen molar-refractivity contribution in [1.82, 2.24) is 19.9 Å². The Morgan fingerprint density at radius 2 is 1.03 bits per heavy atom. The van der Waals surface area contributed by atoms with Crippen molar-refractivity contribution >= 4 is 23.4 Å². The minimum Gasteiger partial charge on any atom is -0.476 e. The Bertz CT molecular complexity index is 1150. The molecule has 0 unspecified atom stereocenters. The van der Waals surface area contributed by atoms with E-state index in [1.54, 1.807) is 6.20 Å². The van der Waals surface area contributed by atoms with Gasteiger partial charge in [0.1, 0.15) is 5.69 Å². The van der Waals surface area contributed by atoms with Crippen LogP contribution < -0.4 is 11.5 Å². The molecule has 0 spiro atoms. The average molecular weight is 489 g/mol. The zero-order valence-electron chi connectivity index (χ0n) is 21.1. The van der Waals surface area contributed by atoms with Crippen molar-refractivity contribution in [2.45, 2.75) is 34.6 Å². The molecule has 0 amide bonds. The second-order valence-electron chi connectivity index (χ2n) is 6.57. The first-order valence-corrected chi connectivity index (χ1v) is 11.5. The maximum absolute atomic E-state index is 11.3. The smallest absolute Gasteiger partial charge is 0.358 e. The lowest BCUT2D eigenvalue weighted by Gasteiger charge is -2.04. The molecule has 0 atom stereocenters. The molecule has 0 aliphatic carbocycles. The van der Waals surface area contributed by atoms with E-state index < -0.39 is 5.97 Å². The summed E-state index contributed by atoms with van der Waals surface area (Å²) >= 11 is 0. The Balaban J connectivity index is 0.000000317. The Kier molecular flexibility index (Phi) is 12.5. The lowest BCUT2D eigenvalue weighted by atomic mass is 10.1. The summed E-state index contributed by atoms with van der Waals surface area (Å²) in [6.07, 6.45) is 3.02. The van der Waals surface area contributed by atoms with Gasteiger partial charge in [-0.3, -0.25) is 4.79 Å². The molecule has 2 aromatic carbocycles. The van der Waals surface area contributed by atoms with E-state index in [9.17, 15) is 9.59 Å². The summed E-state index contributed by atoms with van der Waals surface area (Å²) < 4.78 is 0. The van der Waals surface area contributed by atoms with E-state index >= 15 is 0 Å². The number of aromatic nitrogens is 4. The van der Waals surface area contributed by atoms with Crippen LogP contribution in [0.2, 0.25) is 0 Å². The number of carbonyl (C=O) groups excluding carboxylic acids is 1. The van der Waals surface area contributed by atoms with E-state index in [4.69, 9.17) is 16.6 Å². The van der Waals surface area contributed by atoms with Gasteiger partial charge in [-0.25, -0.2) is 24.7 Å². The molecule has 0 aliphatic rings. The molecule has 0 aliphatic heterocycles. The third-order valence-corrected chi connectivity index (χ3v) is 4.28. The molecule has 5 N–H and O–H groups in total. The molecule has 0 bridgehead atoms. The SMILES string of the molecule is CC.CC.CC(=O)c1nc(-c2ccccc2)cnc1N.Nc1ncc(-c2ccccc2)nc1C(=O)O. The second kappa shape index (κ2) is 15.3. The van der Waals surface area contributed by atoms with E-state index in [1.807, 2.05) is 88.4 Å². The molecular weight excluding hydrogens is 456 g/mol. The fourth-order valence-electron chi connectivity index (χ4n) is 2.71. The summed E-state index contributed by atoms with van der Waals surface area (Å²) in [7, 11) is 0. The Hall–Kier alpha value is -4.66. The third kappa shape index (κ3) is 8.28. The van der Waals surface area contributed by atoms with Crippen molar-refractivity contribution in [3.05, 3.63) is 84.4 Å². The first-order valence-electron chi connectivity index (χ1n) is 11.5. The van der Waals surface area contributed by atoms with Crippen LogP contribution in [0.1, 0.15) is 55.6 Å². The Morgan fingerprint density at radius 1 is 0.667 bits per heavy atom. The molecule has 0 radical (unpaired) electrons. The van der Waals surface area contributed by atoms with Crippen molar-refractivity contribution in [3.63, 3.8) is 0 Å². The standard InChI is InChI=1S/C12H11N3O.C11H9N3O2.2C2H6/c1-8(16)11-12(13)14-7-10(15-11)9-5-3-2-4-6-9;12-10-9(11(15)16)14-8(6-13-10)7-4-2-1-3-5-7;2*1-2/h2-7H,1H3,(H2,13,14);1-6H,(H2,12,13)(H,15,16);2*1-2H3. The van der Waals surface area contributed by atoms with Gasteiger partial charge in [-0.15, -0.1) is 0 Å². The number of nitrogens with two attached hydrogens (primary N) is 2. The van der Waals surface area contributed by atoms with Gasteiger partial charge >= 0.3 is 5.97 Å². The van der Waals surface area contributed by atoms with Crippen molar-refractivity contribution in [3.8, 4) is 22.5 Å². The van der Waals surface area contributed by atoms with Gasteiger partial charge in [0.15, 0.2) is 23.1 Å². The van der Waals surface area contributed by atoms with Crippen LogP contribution in [-0.4, -0.2) is 36.8 Å². The van der Waals surface area contributed by atoms with Crippen molar-refractivity contribution in [2.75, 3.05) is 11.5 Å². The number of ketones is 1. The van der Waals surface area contributed by atoms with Gasteiger partial charge in [0.25, 0.3) is 0 Å². The van der Waals surface area contributed by atoms with Crippen molar-refractivity contribution in [2.24, 2.45) is 0 Å². The second-order valence-corrected chi connectivity index (χ2v) is 6.57. The van der Waals surface area contributed by atoms with Gasteiger partial charge in [0.2, 0.25) is 0 Å². The largest absolute Gasteiger partial charge is 0.476 e. The quantitative estimate of drug-likeness (QED) is 0.319. The van der Waals surface area contributed by atoms with E-state index in [0.717, 1.165) is 11.1 Å². The molecule has 188 valence electrons. The maximum Gasteiger partial charge on any atom is 0.358 e. The highest BCUT2D eigenvalue weighted by Crippen LogP contribution is 2.19. The summed E-state index contributed by atoms with van der Waals surface area (Å²) in [6, 6.07) is 18.7. The summed E-state index contributed by atoms with van der Waals surface area (Å²) in [5.41, 5.74) is 13.9. The minimum absolute atomic E-state index is 0.0767. The topological polar surface area (TPSA) is 158 Å². The van der Waals surface area contributed by atoms with Crippen molar-refractivity contribution in [1.29, 1.82) is 0 Å². The van der Waals surface area contributed by atoms with Crippen LogP contribution in [-0.2, 0) is 0 Å². The minimum atomic E-state index is -1.18. The fourth-order valence-corrected chi connectivity index (χ4v) is 2.71. The van der Waals surface area contributed by atoms with E-state index in [0.29, 0.717) is 11.4 Å². The average Bonchev–Trinajstić information content (AvgIpc) is 2.92. The highest BCUT2D eigenvalue weighted by molar-refractivity contribution is 5.96. The number of benzene rings is 2. The molecule has 4 aromatic rings. The zero-order chi connectivity index (χ0) is 27.1. The van der Waals surface area contributed by atoms with Gasteiger partial charge in [-0.2, -0.15) is 0 Å². The predicted octanol–water partition coefficient (Wildman–Crippen LogP) is 5.40. The summed E-state index contributed by atoms with van der Waals surface area (Å²) in [5, 5.41) is 8.85. The van der Waals surface area contributed by atoms with Gasteiger partial charge in [0, 0.05) is 18.1 Å². The van der Waals surface area contributed by atoms with Crippen LogP contribution in [0.25, 0.3) is 22.5 Å². The molecule has 2 aromatic heterocycles. The Morgan fingerprint density at radius 3 is 1.39 bits per heavy atom. The highest BCUT2D eigenvalue weighted by atomic mass is 16.4. The molecule has 9 heteroatoms. The number of rotatable bonds is 4. The number of hydrogen-bond donors (Lipinski definition) is 3. The summed E-state index contributed by atoms with van der Waals surface area (Å²) in [6.45, 7) is 9.43. The zero-order valence-corrected chi connectivity index (χ0v) is 21.1. The van der Waals surface area contributed by atoms with E-state index in [-0.39, 0.29) is 28.8 Å². The molecule has 0 saturated heterocycles. The maximum atomic E-state index is 11.3. The fraction of sp³-hybridized carbons (Fsp3) is 0.185. The Labute approximate surface area is 211 Å². The number of carbonyl (C=O) groups is 2. The molecule has 9 nitrogen and oxygen atoms in total. The van der Waals surface area contributed by atoms with Gasteiger partial charge in [0.05, 0.1) is 23.8 Å². The molecular formula is C27H32N6O3. The first kappa shape index (κ1) is 29.4. The lowest BCUT2D eigenvalue weighted by Crippen LogP contribution is -2.08. The van der Waals surface area contributed by atoms with Crippen LogP contribution in [0.4, 0.5) is 11.6 Å². The number of carboxylic acid groups (broad SMARTS) is 1.